The van der Waals surface area contributed by atoms with E-state index in [2.05, 4.69) is 10.4 Å². The van der Waals surface area contributed by atoms with E-state index in [1.54, 1.807) is 0 Å². The number of carbonyl (C=O) groups excluding carboxylic acids is 2. The smallest absolute Gasteiger partial charge is 0.352 e. The molecule has 2 N–H and O–H groups in total. The van der Waals surface area contributed by atoms with Crippen LogP contribution in [0.15, 0.2) is 5.10 Å². The molecular formula is C10H15N3O5. The van der Waals surface area contributed by atoms with Crippen LogP contribution in [-0.4, -0.2) is 60.4 Å². The quantitative estimate of drug-likeness (QED) is 0.582. The van der Waals surface area contributed by atoms with Crippen molar-refractivity contribution in [3.63, 3.8) is 0 Å². The molecule has 0 spiro atoms. The molecule has 1 rings (SSSR count). The average molecular weight is 257 g/mol. The number of aliphatic carboxylic acids is 1. The van der Waals surface area contributed by atoms with Gasteiger partial charge in [-0.15, -0.1) is 0 Å². The summed E-state index contributed by atoms with van der Waals surface area (Å²) in [6, 6.07) is 0. The third-order valence-electron chi connectivity index (χ3n) is 2.27. The Balaban J connectivity index is 2.53. The van der Waals surface area contributed by atoms with Crippen LogP contribution in [0.3, 0.4) is 0 Å². The van der Waals surface area contributed by atoms with Gasteiger partial charge in [-0.1, -0.05) is 0 Å². The summed E-state index contributed by atoms with van der Waals surface area (Å²) in [6.07, 6.45) is 0.145. The number of nitrogens with zero attached hydrogens (tertiary/aromatic N) is 2. The summed E-state index contributed by atoms with van der Waals surface area (Å²) in [7, 11) is 1.50. The van der Waals surface area contributed by atoms with Crippen molar-refractivity contribution in [3.05, 3.63) is 0 Å². The lowest BCUT2D eigenvalue weighted by Gasteiger charge is -2.21. The van der Waals surface area contributed by atoms with Gasteiger partial charge in [0.25, 0.3) is 0 Å². The van der Waals surface area contributed by atoms with E-state index >= 15 is 0 Å². The molecule has 1 heterocycles. The maximum absolute atomic E-state index is 11.4. The van der Waals surface area contributed by atoms with E-state index in [0.29, 0.717) is 13.2 Å². The molecule has 0 fully saturated rings. The second kappa shape index (κ2) is 6.70. The molecule has 8 heteroatoms. The SMILES string of the molecule is COCCNC(=O)CN1N=C(C(=O)O)CCC1=O. The van der Waals surface area contributed by atoms with Gasteiger partial charge in [0.2, 0.25) is 11.8 Å². The first-order chi connectivity index (χ1) is 8.54. The van der Waals surface area contributed by atoms with Gasteiger partial charge in [0.15, 0.2) is 0 Å². The molecule has 1 aliphatic heterocycles. The fraction of sp³-hybridized carbons (Fsp3) is 0.600. The summed E-state index contributed by atoms with van der Waals surface area (Å²) in [4.78, 5) is 33.6. The number of methoxy groups -OCH3 is 1. The summed E-state index contributed by atoms with van der Waals surface area (Å²) in [5.41, 5.74) is -0.112. The number of carboxylic acid groups (broad SMARTS) is 1. The summed E-state index contributed by atoms with van der Waals surface area (Å²) in [5, 5.41) is 15.8. The number of nitrogens with one attached hydrogen (secondary N) is 1. The first kappa shape index (κ1) is 14.1. The van der Waals surface area contributed by atoms with Crippen molar-refractivity contribution in [3.8, 4) is 0 Å². The lowest BCUT2D eigenvalue weighted by Crippen LogP contribution is -2.42. The molecule has 0 aromatic heterocycles. The molecule has 0 aromatic rings. The number of hydrogen-bond acceptors (Lipinski definition) is 5. The monoisotopic (exact) mass is 257 g/mol. The zero-order chi connectivity index (χ0) is 13.5. The minimum absolute atomic E-state index is 0.0521. The number of hydrogen-bond donors (Lipinski definition) is 2. The number of carbonyl (C=O) groups is 3. The predicted molar refractivity (Wildman–Crippen MR) is 60.9 cm³/mol. The highest BCUT2D eigenvalue weighted by Gasteiger charge is 2.25. The Bertz CT molecular complexity index is 380. The topological polar surface area (TPSA) is 108 Å². The van der Waals surface area contributed by atoms with Gasteiger partial charge in [-0.25, -0.2) is 9.80 Å². The van der Waals surface area contributed by atoms with Crippen molar-refractivity contribution in [2.75, 3.05) is 26.8 Å². The highest BCUT2D eigenvalue weighted by Crippen LogP contribution is 2.08. The minimum atomic E-state index is -1.17. The molecule has 0 aromatic carbocycles. The van der Waals surface area contributed by atoms with E-state index in [1.165, 1.54) is 7.11 Å². The number of ether oxygens (including phenoxy) is 1. The molecule has 8 nitrogen and oxygen atoms in total. The second-order valence-corrected chi connectivity index (χ2v) is 3.65. The van der Waals surface area contributed by atoms with Crippen LogP contribution in [0.25, 0.3) is 0 Å². The van der Waals surface area contributed by atoms with Crippen LogP contribution in [0.4, 0.5) is 0 Å². The first-order valence-electron chi connectivity index (χ1n) is 5.41. The zero-order valence-electron chi connectivity index (χ0n) is 10.0. The van der Waals surface area contributed by atoms with Crippen LogP contribution in [0.2, 0.25) is 0 Å². The maximum Gasteiger partial charge on any atom is 0.352 e. The molecule has 1 aliphatic rings. The van der Waals surface area contributed by atoms with Crippen molar-refractivity contribution < 1.29 is 24.2 Å². The Labute approximate surface area is 104 Å². The minimum Gasteiger partial charge on any atom is -0.477 e. The molecule has 0 saturated heterocycles. The molecule has 0 atom stereocenters. The number of hydrazone groups is 1. The standard InChI is InChI=1S/C10H15N3O5/c1-18-5-4-11-8(14)6-13-9(15)3-2-7(12-13)10(16)17/h2-6H2,1H3,(H,11,14)(H,16,17). The van der Waals surface area contributed by atoms with Crippen LogP contribution in [-0.2, 0) is 19.1 Å². The van der Waals surface area contributed by atoms with E-state index in [9.17, 15) is 14.4 Å². The third kappa shape index (κ3) is 4.13. The Morgan fingerprint density at radius 1 is 1.50 bits per heavy atom. The van der Waals surface area contributed by atoms with Gasteiger partial charge in [-0.3, -0.25) is 9.59 Å². The van der Waals surface area contributed by atoms with Gasteiger partial charge in [-0.2, -0.15) is 5.10 Å². The molecule has 0 aliphatic carbocycles. The van der Waals surface area contributed by atoms with E-state index < -0.39 is 11.9 Å². The van der Waals surface area contributed by atoms with Crippen LogP contribution in [0.5, 0.6) is 0 Å². The van der Waals surface area contributed by atoms with Crippen molar-refractivity contribution >= 4 is 23.5 Å². The summed E-state index contributed by atoms with van der Waals surface area (Å²) >= 11 is 0. The molecule has 2 amide bonds. The van der Waals surface area contributed by atoms with E-state index in [1.807, 2.05) is 0 Å². The van der Waals surface area contributed by atoms with Crippen LogP contribution in [0.1, 0.15) is 12.8 Å². The van der Waals surface area contributed by atoms with Gasteiger partial charge in [0, 0.05) is 26.5 Å². The fourth-order valence-corrected chi connectivity index (χ4v) is 1.36. The van der Waals surface area contributed by atoms with Gasteiger partial charge in [-0.05, 0) is 0 Å². The van der Waals surface area contributed by atoms with E-state index in [4.69, 9.17) is 9.84 Å². The second-order valence-electron chi connectivity index (χ2n) is 3.65. The van der Waals surface area contributed by atoms with Gasteiger partial charge in [0.05, 0.1) is 6.61 Å². The Morgan fingerprint density at radius 2 is 2.22 bits per heavy atom. The van der Waals surface area contributed by atoms with Crippen LogP contribution < -0.4 is 5.32 Å². The first-order valence-corrected chi connectivity index (χ1v) is 5.41. The third-order valence-corrected chi connectivity index (χ3v) is 2.27. The summed E-state index contributed by atoms with van der Waals surface area (Å²) < 4.78 is 4.75. The normalized spacial score (nSPS) is 15.3. The number of amides is 2. The largest absolute Gasteiger partial charge is 0.477 e. The van der Waals surface area contributed by atoms with Gasteiger partial charge >= 0.3 is 5.97 Å². The van der Waals surface area contributed by atoms with E-state index in [-0.39, 0.29) is 31.0 Å². The highest BCUT2D eigenvalue weighted by molar-refractivity contribution is 6.36. The molecule has 100 valence electrons. The van der Waals surface area contributed by atoms with Gasteiger partial charge < -0.3 is 15.2 Å². The summed E-state index contributed by atoms with van der Waals surface area (Å²) in [5.74, 6) is -1.94. The van der Waals surface area contributed by atoms with E-state index in [0.717, 1.165) is 5.01 Å². The molecule has 18 heavy (non-hydrogen) atoms. The van der Waals surface area contributed by atoms with Crippen molar-refractivity contribution in [1.82, 2.24) is 10.3 Å². The molecule has 0 bridgehead atoms. The van der Waals surface area contributed by atoms with Crippen LogP contribution in [0, 0.1) is 0 Å². The Morgan fingerprint density at radius 3 is 2.83 bits per heavy atom. The number of rotatable bonds is 6. The van der Waals surface area contributed by atoms with Crippen molar-refractivity contribution in [2.24, 2.45) is 5.10 Å². The maximum atomic E-state index is 11.4. The highest BCUT2D eigenvalue weighted by atomic mass is 16.5. The van der Waals surface area contributed by atoms with Crippen molar-refractivity contribution in [2.45, 2.75) is 12.8 Å². The Kier molecular flexibility index (Phi) is 5.25. The van der Waals surface area contributed by atoms with Crippen molar-refractivity contribution in [1.29, 1.82) is 0 Å². The zero-order valence-corrected chi connectivity index (χ0v) is 10.0. The molecule has 0 saturated carbocycles. The van der Waals surface area contributed by atoms with Crippen LogP contribution >= 0.6 is 0 Å². The molecular weight excluding hydrogens is 242 g/mol. The Hall–Kier alpha value is -1.96. The number of carboxylic acids is 1. The van der Waals surface area contributed by atoms with Gasteiger partial charge in [0.1, 0.15) is 12.3 Å². The fourth-order valence-electron chi connectivity index (χ4n) is 1.36. The molecule has 0 unspecified atom stereocenters. The molecule has 0 radical (unpaired) electrons. The summed E-state index contributed by atoms with van der Waals surface area (Å²) in [6.45, 7) is 0.412. The average Bonchev–Trinajstić information content (AvgIpc) is 2.32. The lowest BCUT2D eigenvalue weighted by atomic mass is 10.2. The lowest BCUT2D eigenvalue weighted by molar-refractivity contribution is -0.137. The predicted octanol–water partition coefficient (Wildman–Crippen LogP) is -1.19.